The van der Waals surface area contributed by atoms with Gasteiger partial charge in [-0.05, 0) is 26.8 Å². The van der Waals surface area contributed by atoms with Gasteiger partial charge in [0.2, 0.25) is 0 Å². The Morgan fingerprint density at radius 2 is 1.86 bits per heavy atom. The van der Waals surface area contributed by atoms with E-state index in [9.17, 15) is 23.1 Å². The molecule has 2 N–H and O–H groups in total. The summed E-state index contributed by atoms with van der Waals surface area (Å²) in [6.07, 6.45) is -8.23. The second-order valence-corrected chi connectivity index (χ2v) is 5.53. The molecule has 1 unspecified atom stereocenters. The zero-order chi connectivity index (χ0) is 17.1. The Morgan fingerprint density at radius 3 is 2.32 bits per heavy atom. The van der Waals surface area contributed by atoms with Gasteiger partial charge in [0, 0.05) is 17.3 Å². The van der Waals surface area contributed by atoms with Gasteiger partial charge in [0.05, 0.1) is 7.11 Å². The lowest BCUT2D eigenvalue weighted by Gasteiger charge is -2.21. The van der Waals surface area contributed by atoms with E-state index in [2.05, 4.69) is 5.32 Å². The smallest absolute Gasteiger partial charge is 0.418 e. The molecule has 1 atom stereocenters. The molecule has 5 nitrogen and oxygen atoms in total. The molecule has 0 fully saturated rings. The van der Waals surface area contributed by atoms with Gasteiger partial charge in [-0.1, -0.05) is 6.07 Å². The van der Waals surface area contributed by atoms with Crippen LogP contribution < -0.4 is 10.1 Å². The first-order chi connectivity index (χ1) is 9.94. The van der Waals surface area contributed by atoms with E-state index >= 15 is 0 Å². The molecule has 1 aromatic rings. The molecule has 0 saturated heterocycles. The fourth-order valence-electron chi connectivity index (χ4n) is 1.61. The molecule has 1 rings (SSSR count). The summed E-state index contributed by atoms with van der Waals surface area (Å²) in [5, 5.41) is 11.7. The molecule has 8 heteroatoms. The van der Waals surface area contributed by atoms with Gasteiger partial charge in [0.1, 0.15) is 11.4 Å². The summed E-state index contributed by atoms with van der Waals surface area (Å²) in [5.41, 5.74) is -0.963. The van der Waals surface area contributed by atoms with Crippen molar-refractivity contribution in [3.8, 4) is 5.75 Å². The van der Waals surface area contributed by atoms with Gasteiger partial charge in [-0.25, -0.2) is 4.79 Å². The van der Waals surface area contributed by atoms with Crippen LogP contribution in [0.3, 0.4) is 0 Å². The number of aliphatic hydroxyl groups excluding tert-OH is 1. The number of halogens is 3. The Bertz CT molecular complexity index is 538. The van der Waals surface area contributed by atoms with Crippen LogP contribution in [0.5, 0.6) is 5.75 Å². The van der Waals surface area contributed by atoms with Gasteiger partial charge >= 0.3 is 12.3 Å². The van der Waals surface area contributed by atoms with E-state index in [1.807, 2.05) is 0 Å². The van der Waals surface area contributed by atoms with Crippen LogP contribution in [0.15, 0.2) is 18.2 Å². The predicted molar refractivity (Wildman–Crippen MR) is 73.9 cm³/mol. The Morgan fingerprint density at radius 1 is 1.27 bits per heavy atom. The number of hydrogen-bond acceptors (Lipinski definition) is 4. The standard InChI is InChI=1S/C14H18F3NO4/c1-13(2,3)22-12(20)18-8-5-6-9(10(7-8)21-4)11(19)14(15,16)17/h5-7,11,19H,1-4H3,(H,18,20). The second kappa shape index (κ2) is 6.43. The summed E-state index contributed by atoms with van der Waals surface area (Å²) in [6.45, 7) is 5.03. The average molecular weight is 321 g/mol. The minimum Gasteiger partial charge on any atom is -0.496 e. The summed E-state index contributed by atoms with van der Waals surface area (Å²) in [4.78, 5) is 11.6. The zero-order valence-electron chi connectivity index (χ0n) is 12.6. The Labute approximate surface area is 126 Å². The van der Waals surface area contributed by atoms with Crippen LogP contribution in [0.2, 0.25) is 0 Å². The van der Waals surface area contributed by atoms with Crippen molar-refractivity contribution in [2.75, 3.05) is 12.4 Å². The third-order valence-electron chi connectivity index (χ3n) is 2.48. The number of nitrogens with one attached hydrogen (secondary N) is 1. The number of alkyl halides is 3. The summed E-state index contributed by atoms with van der Waals surface area (Å²) in [5.74, 6) is -0.196. The van der Waals surface area contributed by atoms with E-state index in [0.29, 0.717) is 0 Å². The number of carbonyl (C=O) groups is 1. The minimum atomic E-state index is -4.81. The molecule has 0 bridgehead atoms. The maximum Gasteiger partial charge on any atom is 0.418 e. The molecule has 0 aromatic heterocycles. The minimum absolute atomic E-state index is 0.184. The number of aliphatic hydroxyl groups is 1. The van der Waals surface area contributed by atoms with Crippen molar-refractivity contribution in [3.63, 3.8) is 0 Å². The number of carbonyl (C=O) groups excluding carboxylic acids is 1. The van der Waals surface area contributed by atoms with Crippen LogP contribution >= 0.6 is 0 Å². The molecule has 1 aromatic carbocycles. The molecule has 0 aliphatic heterocycles. The molecule has 1 amide bonds. The molecule has 22 heavy (non-hydrogen) atoms. The summed E-state index contributed by atoms with van der Waals surface area (Å²) in [7, 11) is 1.17. The lowest BCUT2D eigenvalue weighted by atomic mass is 10.1. The molecule has 124 valence electrons. The number of rotatable bonds is 3. The van der Waals surface area contributed by atoms with Gasteiger partial charge in [0.15, 0.2) is 6.10 Å². The van der Waals surface area contributed by atoms with Gasteiger partial charge < -0.3 is 14.6 Å². The third-order valence-corrected chi connectivity index (χ3v) is 2.48. The zero-order valence-corrected chi connectivity index (χ0v) is 12.6. The summed E-state index contributed by atoms with van der Waals surface area (Å²) >= 11 is 0. The normalized spacial score (nSPS) is 13.5. The number of anilines is 1. The van der Waals surface area contributed by atoms with E-state index in [0.717, 1.165) is 6.07 Å². The van der Waals surface area contributed by atoms with Crippen molar-refractivity contribution >= 4 is 11.8 Å². The molecule has 0 heterocycles. The molecule has 0 spiro atoms. The van der Waals surface area contributed by atoms with Gasteiger partial charge in [-0.2, -0.15) is 13.2 Å². The van der Waals surface area contributed by atoms with Crippen molar-refractivity contribution in [2.24, 2.45) is 0 Å². The highest BCUT2D eigenvalue weighted by atomic mass is 19.4. The quantitative estimate of drug-likeness (QED) is 0.892. The summed E-state index contributed by atoms with van der Waals surface area (Å²) < 4.78 is 47.5. The fraction of sp³-hybridized carbons (Fsp3) is 0.500. The summed E-state index contributed by atoms with van der Waals surface area (Å²) in [6, 6.07) is 3.43. The van der Waals surface area contributed by atoms with Crippen molar-refractivity contribution in [3.05, 3.63) is 23.8 Å². The molecular weight excluding hydrogens is 303 g/mol. The van der Waals surface area contributed by atoms with E-state index in [4.69, 9.17) is 9.47 Å². The van der Waals surface area contributed by atoms with Crippen LogP contribution in [0.4, 0.5) is 23.7 Å². The van der Waals surface area contributed by atoms with Crippen LogP contribution in [0, 0.1) is 0 Å². The van der Waals surface area contributed by atoms with Crippen LogP contribution in [0.1, 0.15) is 32.4 Å². The number of amides is 1. The highest BCUT2D eigenvalue weighted by Crippen LogP contribution is 2.38. The van der Waals surface area contributed by atoms with Crippen molar-refractivity contribution in [1.29, 1.82) is 0 Å². The van der Waals surface area contributed by atoms with Gasteiger partial charge in [-0.3, -0.25) is 5.32 Å². The van der Waals surface area contributed by atoms with Crippen LogP contribution in [-0.2, 0) is 4.74 Å². The van der Waals surface area contributed by atoms with E-state index in [-0.39, 0.29) is 11.4 Å². The first kappa shape index (κ1) is 18.1. The monoisotopic (exact) mass is 321 g/mol. The van der Waals surface area contributed by atoms with Gasteiger partial charge in [0.25, 0.3) is 0 Å². The highest BCUT2D eigenvalue weighted by molar-refractivity contribution is 5.85. The highest BCUT2D eigenvalue weighted by Gasteiger charge is 2.41. The molecular formula is C14H18F3NO4. The predicted octanol–water partition coefficient (Wildman–Crippen LogP) is 3.64. The average Bonchev–Trinajstić information content (AvgIpc) is 2.34. The van der Waals surface area contributed by atoms with E-state index in [1.165, 1.54) is 19.2 Å². The lowest BCUT2D eigenvalue weighted by Crippen LogP contribution is -2.27. The maximum absolute atomic E-state index is 12.6. The second-order valence-electron chi connectivity index (χ2n) is 5.53. The first-order valence-corrected chi connectivity index (χ1v) is 6.37. The molecule has 0 aliphatic rings. The Balaban J connectivity index is 2.96. The lowest BCUT2D eigenvalue weighted by molar-refractivity contribution is -0.207. The number of benzene rings is 1. The number of ether oxygens (including phenoxy) is 2. The number of hydrogen-bond donors (Lipinski definition) is 2. The molecule has 0 aliphatic carbocycles. The largest absolute Gasteiger partial charge is 0.496 e. The topological polar surface area (TPSA) is 67.8 Å². The van der Waals surface area contributed by atoms with Crippen molar-refractivity contribution in [2.45, 2.75) is 38.7 Å². The van der Waals surface area contributed by atoms with Crippen LogP contribution in [-0.4, -0.2) is 30.1 Å². The first-order valence-electron chi connectivity index (χ1n) is 6.37. The van der Waals surface area contributed by atoms with Crippen molar-refractivity contribution < 1.29 is 32.5 Å². The SMILES string of the molecule is COc1cc(NC(=O)OC(C)(C)C)ccc1C(O)C(F)(F)F. The Hall–Kier alpha value is -1.96. The van der Waals surface area contributed by atoms with Crippen LogP contribution in [0.25, 0.3) is 0 Å². The van der Waals surface area contributed by atoms with E-state index < -0.39 is 29.5 Å². The maximum atomic E-state index is 12.6. The molecule has 0 radical (unpaired) electrons. The van der Waals surface area contributed by atoms with E-state index in [1.54, 1.807) is 20.8 Å². The Kier molecular flexibility index (Phi) is 5.29. The fourth-order valence-corrected chi connectivity index (χ4v) is 1.61. The van der Waals surface area contributed by atoms with Gasteiger partial charge in [-0.15, -0.1) is 0 Å². The third kappa shape index (κ3) is 5.10. The number of methoxy groups -OCH3 is 1. The van der Waals surface area contributed by atoms with Crippen molar-refractivity contribution in [1.82, 2.24) is 0 Å². The molecule has 0 saturated carbocycles.